The number of nitro benzene ring substituents is 2. The lowest BCUT2D eigenvalue weighted by atomic mass is 10.0. The number of rotatable bonds is 14. The van der Waals surface area contributed by atoms with Crippen molar-refractivity contribution >= 4 is 68.9 Å². The predicted molar refractivity (Wildman–Crippen MR) is 254 cm³/mol. The van der Waals surface area contributed by atoms with Gasteiger partial charge in [-0.05, 0) is 139 Å². The Bertz CT molecular complexity index is 2340. The first-order chi connectivity index (χ1) is 33.1. The molecule has 26 heteroatoms. The topological polar surface area (TPSA) is 334 Å². The molecule has 26 nitrogen and oxygen atoms in total. The SMILES string of the molecule is CC(C)(C)OC(=O)N1CCCC[C@H]1C(=O)O.CC(C)(C)OC(=O)N1CCCC[C@H]1C(=O)OCNc1ccc([N+](=O)[O-])c2nonc12.CCN(CC)CC.O=[N+]([O-])c1ccc(NCCCO)c2nonc12. The van der Waals surface area contributed by atoms with E-state index in [1.165, 1.54) is 47.6 Å². The lowest BCUT2D eigenvalue weighted by Crippen LogP contribution is -2.50. The number of non-ortho nitro benzene ring substituents is 2. The zero-order valence-electron chi connectivity index (χ0n) is 41.3. The molecule has 2 aliphatic rings. The van der Waals surface area contributed by atoms with E-state index in [4.69, 9.17) is 24.4 Å². The molecule has 70 heavy (non-hydrogen) atoms. The lowest BCUT2D eigenvalue weighted by molar-refractivity contribution is -0.383. The second kappa shape index (κ2) is 27.3. The zero-order valence-corrected chi connectivity index (χ0v) is 41.3. The molecule has 2 aromatic carbocycles. The molecule has 2 atom stereocenters. The normalized spacial score (nSPS) is 15.8. The van der Waals surface area contributed by atoms with Gasteiger partial charge < -0.3 is 40.0 Å². The molecular weight excluding hydrogens is 923 g/mol. The van der Waals surface area contributed by atoms with Gasteiger partial charge in [-0.2, -0.15) is 0 Å². The third-order valence-corrected chi connectivity index (χ3v) is 10.5. The Hall–Kier alpha value is -6.96. The van der Waals surface area contributed by atoms with E-state index in [-0.39, 0.29) is 41.3 Å². The highest BCUT2D eigenvalue weighted by Gasteiger charge is 2.37. The average molecular weight is 990 g/mol. The number of nitrogens with one attached hydrogen (secondary N) is 2. The molecule has 2 saturated heterocycles. The van der Waals surface area contributed by atoms with E-state index >= 15 is 0 Å². The molecule has 0 aliphatic carbocycles. The van der Waals surface area contributed by atoms with Crippen LogP contribution < -0.4 is 10.6 Å². The van der Waals surface area contributed by atoms with Crippen LogP contribution in [0.1, 0.15) is 107 Å². The van der Waals surface area contributed by atoms with Gasteiger partial charge in [0.1, 0.15) is 23.3 Å². The van der Waals surface area contributed by atoms with Crippen LogP contribution in [0.25, 0.3) is 22.1 Å². The summed E-state index contributed by atoms with van der Waals surface area (Å²) >= 11 is 0. The molecule has 4 N–H and O–H groups in total. The van der Waals surface area contributed by atoms with Gasteiger partial charge in [0.05, 0.1) is 21.2 Å². The number of aliphatic carboxylic acids is 1. The first-order valence-corrected chi connectivity index (χ1v) is 23.1. The number of ether oxygens (including phenoxy) is 3. The van der Waals surface area contributed by atoms with Crippen molar-refractivity contribution in [2.24, 2.45) is 0 Å². The fourth-order valence-corrected chi connectivity index (χ4v) is 6.98. The van der Waals surface area contributed by atoms with Crippen LogP contribution in [0.2, 0.25) is 0 Å². The third kappa shape index (κ3) is 17.5. The molecule has 0 saturated carbocycles. The van der Waals surface area contributed by atoms with E-state index in [1.807, 2.05) is 0 Å². The van der Waals surface area contributed by atoms with E-state index in [0.717, 1.165) is 25.7 Å². The second-order valence-electron chi connectivity index (χ2n) is 17.8. The quantitative estimate of drug-likeness (QED) is 0.0247. The number of benzene rings is 2. The van der Waals surface area contributed by atoms with Gasteiger partial charge in [0.2, 0.25) is 11.0 Å². The Labute approximate surface area is 404 Å². The highest BCUT2D eigenvalue weighted by molar-refractivity contribution is 5.94. The maximum atomic E-state index is 12.6. The monoisotopic (exact) mass is 989 g/mol. The second-order valence-corrected chi connectivity index (χ2v) is 17.8. The van der Waals surface area contributed by atoms with Crippen LogP contribution in [0, 0.1) is 20.2 Å². The standard InChI is InChI=1S/C18H23N5O7.C11H19NO4.C9H10N4O4.C6H15N/c1-18(2,3)29-17(25)22-9-5-4-6-13(22)16(24)28-10-19-11-7-8-12(23(26)27)15-14(11)20-30-21-15;1-11(2,3)16-10(15)12-7-5-4-6-8(12)9(13)14;14-5-1-4-10-6-2-3-7(13(15)16)9-8(6)11-17-12-9;1-4-7(5-2)6-3/h7-8,13,19H,4-6,9-10H2,1-3H3;8H,4-7H2,1-3H3,(H,13,14);2-3,10,14H,1,4-5H2;4-6H2,1-3H3/t13-;8-;;/m00../s1. The van der Waals surface area contributed by atoms with E-state index in [2.05, 4.69) is 66.2 Å². The van der Waals surface area contributed by atoms with Gasteiger partial charge in [-0.3, -0.25) is 30.0 Å². The van der Waals surface area contributed by atoms with Crippen molar-refractivity contribution in [1.29, 1.82) is 0 Å². The van der Waals surface area contributed by atoms with E-state index < -0.39 is 57.3 Å². The smallest absolute Gasteiger partial charge is 0.411 e. The van der Waals surface area contributed by atoms with Crippen molar-refractivity contribution in [1.82, 2.24) is 35.3 Å². The van der Waals surface area contributed by atoms with E-state index in [9.17, 15) is 39.4 Å². The number of nitrogens with zero attached hydrogens (tertiary/aromatic N) is 9. The number of carbonyl (C=O) groups is 4. The Morgan fingerprint density at radius 1 is 0.714 bits per heavy atom. The number of nitro groups is 2. The van der Waals surface area contributed by atoms with E-state index in [0.29, 0.717) is 55.8 Å². The van der Waals surface area contributed by atoms with Crippen LogP contribution in [-0.4, -0.2) is 155 Å². The van der Waals surface area contributed by atoms with Crippen molar-refractivity contribution in [3.05, 3.63) is 44.5 Å². The number of fused-ring (bicyclic) bond motifs is 2. The number of aliphatic hydroxyl groups excluding tert-OH is 1. The van der Waals surface area contributed by atoms with Crippen molar-refractivity contribution in [2.75, 3.05) is 63.2 Å². The maximum absolute atomic E-state index is 12.6. The molecule has 0 spiro atoms. The number of aliphatic hydroxyl groups is 1. The summed E-state index contributed by atoms with van der Waals surface area (Å²) in [5.41, 5.74) is -0.126. The zero-order chi connectivity index (χ0) is 52.2. The van der Waals surface area contributed by atoms with E-state index in [1.54, 1.807) is 47.6 Å². The molecule has 2 amide bonds. The summed E-state index contributed by atoms with van der Waals surface area (Å²) in [4.78, 5) is 73.5. The van der Waals surface area contributed by atoms with Crippen LogP contribution in [0.15, 0.2) is 33.5 Å². The van der Waals surface area contributed by atoms with Crippen molar-refractivity contribution in [3.63, 3.8) is 0 Å². The summed E-state index contributed by atoms with van der Waals surface area (Å²) in [7, 11) is 0. The van der Waals surface area contributed by atoms with Gasteiger partial charge >= 0.3 is 35.5 Å². The number of esters is 1. The van der Waals surface area contributed by atoms with Gasteiger partial charge in [-0.1, -0.05) is 20.8 Å². The molecule has 0 bridgehead atoms. The number of hydrogen-bond donors (Lipinski definition) is 4. The minimum Gasteiger partial charge on any atom is -0.480 e. The Balaban J connectivity index is 0.000000276. The summed E-state index contributed by atoms with van der Waals surface area (Å²) in [5, 5.41) is 59.6. The highest BCUT2D eigenvalue weighted by Crippen LogP contribution is 2.30. The molecular formula is C44H67N11O15. The Morgan fingerprint density at radius 2 is 1.14 bits per heavy atom. The minimum absolute atomic E-state index is 0.0142. The number of aromatic nitrogens is 4. The first kappa shape index (κ1) is 57.4. The molecule has 2 fully saturated rings. The fraction of sp³-hybridized carbons (Fsp3) is 0.636. The van der Waals surface area contributed by atoms with Crippen LogP contribution in [0.3, 0.4) is 0 Å². The Morgan fingerprint density at radius 3 is 1.54 bits per heavy atom. The summed E-state index contributed by atoms with van der Waals surface area (Å²) < 4.78 is 25.0. The number of hydrogen-bond acceptors (Lipinski definition) is 21. The number of likely N-dealkylation sites (tertiary alicyclic amines) is 2. The third-order valence-electron chi connectivity index (χ3n) is 10.5. The van der Waals surface area contributed by atoms with Gasteiger partial charge in [-0.25, -0.2) is 28.4 Å². The predicted octanol–water partition coefficient (Wildman–Crippen LogP) is 6.97. The van der Waals surface area contributed by atoms with Gasteiger partial charge in [0, 0.05) is 38.4 Å². The molecule has 2 aliphatic heterocycles. The first-order valence-electron chi connectivity index (χ1n) is 23.1. The van der Waals surface area contributed by atoms with Crippen LogP contribution in [0.4, 0.5) is 32.3 Å². The largest absolute Gasteiger partial charge is 0.480 e. The van der Waals surface area contributed by atoms with Gasteiger partial charge in [0.25, 0.3) is 0 Å². The number of piperidine rings is 2. The number of amides is 2. The molecule has 2 aromatic heterocycles. The Kier molecular flexibility index (Phi) is 22.4. The molecule has 4 heterocycles. The average Bonchev–Trinajstić information content (AvgIpc) is 4.01. The highest BCUT2D eigenvalue weighted by atomic mass is 16.6. The number of carboxylic acid groups (broad SMARTS) is 1. The summed E-state index contributed by atoms with van der Waals surface area (Å²) in [6.07, 6.45) is 3.73. The molecule has 388 valence electrons. The summed E-state index contributed by atoms with van der Waals surface area (Å²) in [6.45, 7) is 22.0. The van der Waals surface area contributed by atoms with Crippen LogP contribution in [0.5, 0.6) is 0 Å². The van der Waals surface area contributed by atoms with Gasteiger partial charge in [-0.15, -0.1) is 0 Å². The molecule has 0 unspecified atom stereocenters. The van der Waals surface area contributed by atoms with Crippen molar-refractivity contribution < 1.29 is 62.7 Å². The van der Waals surface area contributed by atoms with Crippen molar-refractivity contribution in [3.8, 4) is 0 Å². The number of carboxylic acids is 1. The fourth-order valence-electron chi connectivity index (χ4n) is 6.98. The maximum Gasteiger partial charge on any atom is 0.411 e. The minimum atomic E-state index is -0.953. The van der Waals surface area contributed by atoms with Crippen LogP contribution >= 0.6 is 0 Å². The lowest BCUT2D eigenvalue weighted by Gasteiger charge is -2.35. The molecule has 6 rings (SSSR count). The molecule has 4 aromatic rings. The summed E-state index contributed by atoms with van der Waals surface area (Å²) in [5.74, 6) is -1.52. The number of carbonyl (C=O) groups excluding carboxylic acids is 3. The molecule has 0 radical (unpaired) electrons. The van der Waals surface area contributed by atoms with Crippen LogP contribution in [-0.2, 0) is 23.8 Å². The van der Waals surface area contributed by atoms with Gasteiger partial charge in [0.15, 0.2) is 17.8 Å². The summed E-state index contributed by atoms with van der Waals surface area (Å²) in [6, 6.07) is 4.09. The van der Waals surface area contributed by atoms with Crippen molar-refractivity contribution in [2.45, 2.75) is 131 Å². The number of anilines is 2.